The molecule has 1 aliphatic rings. The summed E-state index contributed by atoms with van der Waals surface area (Å²) in [6.45, 7) is 3.15. The van der Waals surface area contributed by atoms with E-state index in [1.54, 1.807) is 12.1 Å². The Bertz CT molecular complexity index is 813. The van der Waals surface area contributed by atoms with Crippen molar-refractivity contribution in [2.24, 2.45) is 4.99 Å². The Morgan fingerprint density at radius 3 is 2.79 bits per heavy atom. The minimum atomic E-state index is -0.421. The maximum absolute atomic E-state index is 12.0. The molecular formula is C15H15N5O3S. The Labute approximate surface area is 141 Å². The zero-order chi connectivity index (χ0) is 17.1. The average molecular weight is 345 g/mol. The van der Waals surface area contributed by atoms with Crippen molar-refractivity contribution in [2.75, 3.05) is 18.4 Å². The van der Waals surface area contributed by atoms with Crippen molar-refractivity contribution < 1.29 is 9.72 Å². The number of non-ortho nitro benzene ring substituents is 1. The quantitative estimate of drug-likeness (QED) is 0.635. The van der Waals surface area contributed by atoms with Gasteiger partial charge < -0.3 is 5.32 Å². The number of nitro groups is 1. The first-order valence-electron chi connectivity index (χ1n) is 7.32. The van der Waals surface area contributed by atoms with Crippen LogP contribution < -0.4 is 10.6 Å². The Morgan fingerprint density at radius 1 is 1.42 bits per heavy atom. The molecule has 0 spiro atoms. The van der Waals surface area contributed by atoms with Crippen molar-refractivity contribution in [1.29, 1.82) is 0 Å². The number of aromatic nitrogens is 1. The highest BCUT2D eigenvalue weighted by atomic mass is 32.1. The minimum Gasteiger partial charge on any atom is -0.364 e. The smallest absolute Gasteiger partial charge is 0.292 e. The molecule has 2 aromatic rings. The SMILES string of the molecule is Cc1nc(NC(=O)C2=NCCN2)sc1Cc1ccc([N+](=O)[O-])cc1. The summed E-state index contributed by atoms with van der Waals surface area (Å²) in [5.41, 5.74) is 1.85. The van der Waals surface area contributed by atoms with Gasteiger partial charge in [0.05, 0.1) is 17.2 Å². The van der Waals surface area contributed by atoms with Crippen molar-refractivity contribution in [1.82, 2.24) is 10.3 Å². The Balaban J connectivity index is 1.69. The Kier molecular flexibility index (Phi) is 4.52. The van der Waals surface area contributed by atoms with Gasteiger partial charge in [-0.05, 0) is 12.5 Å². The summed E-state index contributed by atoms with van der Waals surface area (Å²) in [4.78, 5) is 31.7. The van der Waals surface area contributed by atoms with E-state index in [2.05, 4.69) is 20.6 Å². The second-order valence-electron chi connectivity index (χ2n) is 5.24. The van der Waals surface area contributed by atoms with Crippen LogP contribution in [0.15, 0.2) is 29.3 Å². The van der Waals surface area contributed by atoms with Crippen molar-refractivity contribution >= 4 is 33.9 Å². The molecule has 0 unspecified atom stereocenters. The number of hydrogen-bond acceptors (Lipinski definition) is 7. The standard InChI is InChI=1S/C15H15N5O3S/c1-9-12(8-10-2-4-11(5-3-10)20(22)23)24-15(18-9)19-14(21)13-16-6-7-17-13/h2-5H,6-8H2,1H3,(H,16,17)(H,18,19,21). The molecule has 2 heterocycles. The molecule has 2 N–H and O–H groups in total. The van der Waals surface area contributed by atoms with Gasteiger partial charge in [-0.25, -0.2) is 4.98 Å². The molecule has 1 aromatic heterocycles. The van der Waals surface area contributed by atoms with Crippen LogP contribution in [0.5, 0.6) is 0 Å². The number of nitrogens with zero attached hydrogens (tertiary/aromatic N) is 3. The number of nitrogens with one attached hydrogen (secondary N) is 2. The predicted molar refractivity (Wildman–Crippen MR) is 91.7 cm³/mol. The van der Waals surface area contributed by atoms with Crippen molar-refractivity contribution in [2.45, 2.75) is 13.3 Å². The number of aliphatic imine (C=N–C) groups is 1. The summed E-state index contributed by atoms with van der Waals surface area (Å²) in [5.74, 6) is 0.0444. The first-order chi connectivity index (χ1) is 11.5. The fourth-order valence-corrected chi connectivity index (χ4v) is 3.26. The van der Waals surface area contributed by atoms with Crippen LogP contribution in [-0.2, 0) is 11.2 Å². The van der Waals surface area contributed by atoms with E-state index in [1.165, 1.54) is 23.5 Å². The van der Waals surface area contributed by atoms with Crippen LogP contribution in [0.2, 0.25) is 0 Å². The van der Waals surface area contributed by atoms with Crippen LogP contribution in [0.1, 0.15) is 16.1 Å². The highest BCUT2D eigenvalue weighted by molar-refractivity contribution is 7.16. The number of anilines is 1. The van der Waals surface area contributed by atoms with Crippen molar-refractivity contribution in [3.63, 3.8) is 0 Å². The molecule has 0 radical (unpaired) electrons. The summed E-state index contributed by atoms with van der Waals surface area (Å²) in [6, 6.07) is 6.43. The van der Waals surface area contributed by atoms with Gasteiger partial charge in [-0.1, -0.05) is 12.1 Å². The Hall–Kier alpha value is -2.81. The summed E-state index contributed by atoms with van der Waals surface area (Å²) in [6.07, 6.45) is 0.608. The molecule has 1 aliphatic heterocycles. The first kappa shape index (κ1) is 16.1. The monoisotopic (exact) mass is 345 g/mol. The molecule has 9 heteroatoms. The molecule has 8 nitrogen and oxygen atoms in total. The van der Waals surface area contributed by atoms with Gasteiger partial charge in [-0.3, -0.25) is 25.2 Å². The maximum atomic E-state index is 12.0. The van der Waals surface area contributed by atoms with Gasteiger partial charge in [-0.2, -0.15) is 0 Å². The summed E-state index contributed by atoms with van der Waals surface area (Å²) in [5, 5.41) is 16.9. The average Bonchev–Trinajstić information content (AvgIpc) is 3.19. The number of aryl methyl sites for hydroxylation is 1. The minimum absolute atomic E-state index is 0.0672. The summed E-state index contributed by atoms with van der Waals surface area (Å²) < 4.78 is 0. The third-order valence-electron chi connectivity index (χ3n) is 3.51. The highest BCUT2D eigenvalue weighted by Gasteiger charge is 2.17. The van der Waals surface area contributed by atoms with E-state index in [0.29, 0.717) is 30.5 Å². The van der Waals surface area contributed by atoms with E-state index in [9.17, 15) is 14.9 Å². The van der Waals surface area contributed by atoms with Crippen LogP contribution in [0.4, 0.5) is 10.8 Å². The van der Waals surface area contributed by atoms with Gasteiger partial charge in [0.2, 0.25) is 0 Å². The molecule has 0 bridgehead atoms. The van der Waals surface area contributed by atoms with Crippen LogP contribution in [0.3, 0.4) is 0 Å². The van der Waals surface area contributed by atoms with Gasteiger partial charge >= 0.3 is 0 Å². The number of hydrogen-bond donors (Lipinski definition) is 2. The van der Waals surface area contributed by atoms with Crippen molar-refractivity contribution in [3.05, 3.63) is 50.5 Å². The van der Waals surface area contributed by atoms with E-state index < -0.39 is 4.92 Å². The Morgan fingerprint density at radius 2 is 2.17 bits per heavy atom. The fraction of sp³-hybridized carbons (Fsp3) is 0.267. The summed E-state index contributed by atoms with van der Waals surface area (Å²) >= 11 is 1.39. The molecule has 1 aromatic carbocycles. The largest absolute Gasteiger partial charge is 0.364 e. The number of nitro benzene ring substituents is 1. The molecule has 3 rings (SSSR count). The number of amidine groups is 1. The van der Waals surface area contributed by atoms with E-state index in [1.807, 2.05) is 6.92 Å². The summed E-state index contributed by atoms with van der Waals surface area (Å²) in [7, 11) is 0. The van der Waals surface area contributed by atoms with Gasteiger partial charge in [0.1, 0.15) is 0 Å². The lowest BCUT2D eigenvalue weighted by Crippen LogP contribution is -2.32. The molecule has 0 atom stereocenters. The van der Waals surface area contributed by atoms with Crippen LogP contribution in [-0.4, -0.2) is 34.7 Å². The van der Waals surface area contributed by atoms with E-state index in [4.69, 9.17) is 0 Å². The van der Waals surface area contributed by atoms with Crippen LogP contribution >= 0.6 is 11.3 Å². The van der Waals surface area contributed by atoms with Crippen LogP contribution in [0, 0.1) is 17.0 Å². The predicted octanol–water partition coefficient (Wildman–Crippen LogP) is 1.89. The van der Waals surface area contributed by atoms with Gasteiger partial charge in [-0.15, -0.1) is 11.3 Å². The molecule has 0 fully saturated rings. The van der Waals surface area contributed by atoms with E-state index in [0.717, 1.165) is 16.1 Å². The second-order valence-corrected chi connectivity index (χ2v) is 6.32. The number of carbonyl (C=O) groups is 1. The zero-order valence-electron chi connectivity index (χ0n) is 12.9. The molecule has 0 aliphatic carbocycles. The number of thiazole rings is 1. The van der Waals surface area contributed by atoms with Crippen molar-refractivity contribution in [3.8, 4) is 0 Å². The number of amides is 1. The highest BCUT2D eigenvalue weighted by Crippen LogP contribution is 2.26. The number of benzene rings is 1. The number of carbonyl (C=O) groups excluding carboxylic acids is 1. The molecular weight excluding hydrogens is 330 g/mol. The second kappa shape index (κ2) is 6.75. The normalized spacial score (nSPS) is 13.3. The van der Waals surface area contributed by atoms with Gasteiger partial charge in [0, 0.05) is 30.0 Å². The molecule has 0 saturated heterocycles. The molecule has 0 saturated carbocycles. The fourth-order valence-electron chi connectivity index (χ4n) is 2.27. The lowest BCUT2D eigenvalue weighted by atomic mass is 10.1. The van der Waals surface area contributed by atoms with Gasteiger partial charge in [0.15, 0.2) is 11.0 Å². The number of rotatable bonds is 5. The third kappa shape index (κ3) is 3.57. The maximum Gasteiger partial charge on any atom is 0.292 e. The van der Waals surface area contributed by atoms with Gasteiger partial charge in [0.25, 0.3) is 11.6 Å². The lowest BCUT2D eigenvalue weighted by Gasteiger charge is -2.01. The molecule has 1 amide bonds. The molecule has 124 valence electrons. The van der Waals surface area contributed by atoms with Crippen LogP contribution in [0.25, 0.3) is 0 Å². The van der Waals surface area contributed by atoms with E-state index in [-0.39, 0.29) is 11.6 Å². The lowest BCUT2D eigenvalue weighted by molar-refractivity contribution is -0.384. The molecule has 24 heavy (non-hydrogen) atoms. The third-order valence-corrected chi connectivity index (χ3v) is 4.59. The topological polar surface area (TPSA) is 110 Å². The van der Waals surface area contributed by atoms with E-state index >= 15 is 0 Å². The zero-order valence-corrected chi connectivity index (χ0v) is 13.7. The first-order valence-corrected chi connectivity index (χ1v) is 8.14.